The van der Waals surface area contributed by atoms with Crippen molar-refractivity contribution < 1.29 is 4.42 Å². The van der Waals surface area contributed by atoms with Gasteiger partial charge in [0.25, 0.3) is 0 Å². The van der Waals surface area contributed by atoms with Gasteiger partial charge in [0.1, 0.15) is 11.2 Å². The van der Waals surface area contributed by atoms with Gasteiger partial charge >= 0.3 is 0 Å². The van der Waals surface area contributed by atoms with Crippen LogP contribution >= 0.6 is 0 Å². The summed E-state index contributed by atoms with van der Waals surface area (Å²) in [5.41, 5.74) is 13.1. The zero-order valence-corrected chi connectivity index (χ0v) is 29.9. The van der Waals surface area contributed by atoms with Crippen LogP contribution in [0.4, 0.5) is 17.1 Å². The zero-order valence-electron chi connectivity index (χ0n) is 29.9. The first kappa shape index (κ1) is 31.2. The number of anilines is 3. The molecule has 0 aliphatic carbocycles. The van der Waals surface area contributed by atoms with Gasteiger partial charge in [0.2, 0.25) is 0 Å². The number of furan rings is 1. The lowest BCUT2D eigenvalue weighted by Gasteiger charge is -2.26. The predicted molar refractivity (Wildman–Crippen MR) is 231 cm³/mol. The van der Waals surface area contributed by atoms with E-state index in [0.717, 1.165) is 50.3 Å². The summed E-state index contributed by atoms with van der Waals surface area (Å²) in [6.45, 7) is 0. The first-order valence-electron chi connectivity index (χ1n) is 18.7. The highest BCUT2D eigenvalue weighted by Gasteiger charge is 2.18. The minimum Gasteiger partial charge on any atom is -0.456 e. The van der Waals surface area contributed by atoms with E-state index in [2.05, 4.69) is 204 Å². The van der Waals surface area contributed by atoms with Crippen LogP contribution in [-0.4, -0.2) is 4.57 Å². The van der Waals surface area contributed by atoms with Crippen molar-refractivity contribution in [3.63, 3.8) is 0 Å². The summed E-state index contributed by atoms with van der Waals surface area (Å²) in [6, 6.07) is 74.0. The number of aromatic nitrogens is 1. The zero-order chi connectivity index (χ0) is 36.3. The highest BCUT2D eigenvalue weighted by Crippen LogP contribution is 2.41. The Morgan fingerprint density at radius 3 is 1.71 bits per heavy atom. The fourth-order valence-corrected chi connectivity index (χ4v) is 8.32. The summed E-state index contributed by atoms with van der Waals surface area (Å²) in [5.74, 6) is 0. The smallest absolute Gasteiger partial charge is 0.137 e. The molecule has 0 unspecified atom stereocenters. The molecule has 3 nitrogen and oxygen atoms in total. The largest absolute Gasteiger partial charge is 0.456 e. The van der Waals surface area contributed by atoms with Gasteiger partial charge in [-0.2, -0.15) is 0 Å². The lowest BCUT2D eigenvalue weighted by Crippen LogP contribution is -2.10. The molecule has 0 aliphatic rings. The second-order valence-corrected chi connectivity index (χ2v) is 14.2. The number of benzene rings is 9. The molecule has 11 aromatic rings. The molecule has 0 saturated heterocycles. The summed E-state index contributed by atoms with van der Waals surface area (Å²) >= 11 is 0. The van der Waals surface area contributed by atoms with E-state index in [4.69, 9.17) is 4.42 Å². The maximum absolute atomic E-state index is 6.41. The minimum atomic E-state index is 0.865. The summed E-state index contributed by atoms with van der Waals surface area (Å²) < 4.78 is 8.79. The number of hydrogen-bond donors (Lipinski definition) is 0. The van der Waals surface area contributed by atoms with Crippen molar-refractivity contribution in [3.05, 3.63) is 206 Å². The Morgan fingerprint density at radius 2 is 0.909 bits per heavy atom. The summed E-state index contributed by atoms with van der Waals surface area (Å²) in [6.07, 6.45) is 0. The third-order valence-corrected chi connectivity index (χ3v) is 11.0. The highest BCUT2D eigenvalue weighted by atomic mass is 16.3. The fourth-order valence-electron chi connectivity index (χ4n) is 8.32. The van der Waals surface area contributed by atoms with E-state index >= 15 is 0 Å². The minimum absolute atomic E-state index is 0.865. The van der Waals surface area contributed by atoms with E-state index in [1.165, 1.54) is 49.3 Å². The molecule has 3 heteroatoms. The predicted octanol–water partition coefficient (Wildman–Crippen LogP) is 14.6. The molecule has 2 aromatic heterocycles. The Balaban J connectivity index is 1.03. The number of para-hydroxylation sites is 3. The molecule has 0 aliphatic heterocycles. The number of fused-ring (bicyclic) bond motifs is 7. The molecule has 258 valence electrons. The number of hydrogen-bond acceptors (Lipinski definition) is 2. The van der Waals surface area contributed by atoms with Gasteiger partial charge in [0.15, 0.2) is 0 Å². The summed E-state index contributed by atoms with van der Waals surface area (Å²) in [4.78, 5) is 2.33. The van der Waals surface area contributed by atoms with Gasteiger partial charge in [-0.1, -0.05) is 127 Å². The van der Waals surface area contributed by atoms with Gasteiger partial charge < -0.3 is 13.9 Å². The highest BCUT2D eigenvalue weighted by molar-refractivity contribution is 6.09. The number of nitrogens with zero attached hydrogens (tertiary/aromatic N) is 2. The Morgan fingerprint density at radius 1 is 0.327 bits per heavy atom. The van der Waals surface area contributed by atoms with E-state index < -0.39 is 0 Å². The van der Waals surface area contributed by atoms with Gasteiger partial charge in [-0.25, -0.2) is 0 Å². The van der Waals surface area contributed by atoms with Gasteiger partial charge in [-0.3, -0.25) is 0 Å². The Labute approximate surface area is 318 Å². The monoisotopic (exact) mass is 702 g/mol. The van der Waals surface area contributed by atoms with Crippen LogP contribution in [0.25, 0.3) is 82.5 Å². The van der Waals surface area contributed by atoms with Gasteiger partial charge in [-0.05, 0) is 106 Å². The topological polar surface area (TPSA) is 21.3 Å². The van der Waals surface area contributed by atoms with Crippen LogP contribution in [0.2, 0.25) is 0 Å². The van der Waals surface area contributed by atoms with E-state index in [-0.39, 0.29) is 0 Å². The van der Waals surface area contributed by atoms with E-state index in [0.29, 0.717) is 0 Å². The molecular formula is C52H34N2O. The molecule has 0 spiro atoms. The van der Waals surface area contributed by atoms with Gasteiger partial charge in [0.05, 0.1) is 11.0 Å². The van der Waals surface area contributed by atoms with Crippen LogP contribution in [0.1, 0.15) is 0 Å². The molecular weight excluding hydrogens is 669 g/mol. The molecule has 2 heterocycles. The molecule has 55 heavy (non-hydrogen) atoms. The third kappa shape index (κ3) is 5.28. The quantitative estimate of drug-likeness (QED) is 0.172. The van der Waals surface area contributed by atoms with Gasteiger partial charge in [-0.15, -0.1) is 0 Å². The van der Waals surface area contributed by atoms with Crippen molar-refractivity contribution in [1.82, 2.24) is 4.57 Å². The maximum atomic E-state index is 6.41. The van der Waals surface area contributed by atoms with Crippen LogP contribution in [0.15, 0.2) is 211 Å². The average molecular weight is 703 g/mol. The molecule has 0 N–H and O–H groups in total. The molecule has 0 radical (unpaired) electrons. The SMILES string of the molecule is c1cc(-c2ccc(N(c3cccc(-n4c5ccccc5c5ccccc54)c3)c3ccc4c(c3)oc3ccccc34)cc2)cc(-c2ccc3ccccc3c2)c1. The molecule has 0 bridgehead atoms. The molecule has 0 atom stereocenters. The van der Waals surface area contributed by atoms with Crippen molar-refractivity contribution in [2.24, 2.45) is 0 Å². The lowest BCUT2D eigenvalue weighted by molar-refractivity contribution is 0.669. The van der Waals surface area contributed by atoms with Crippen molar-refractivity contribution in [2.75, 3.05) is 4.90 Å². The van der Waals surface area contributed by atoms with Crippen LogP contribution in [0.3, 0.4) is 0 Å². The first-order chi connectivity index (χ1) is 27.2. The Kier molecular flexibility index (Phi) is 7.17. The average Bonchev–Trinajstić information content (AvgIpc) is 3.79. The van der Waals surface area contributed by atoms with Crippen LogP contribution < -0.4 is 4.90 Å². The summed E-state index contributed by atoms with van der Waals surface area (Å²) in [7, 11) is 0. The van der Waals surface area contributed by atoms with Crippen molar-refractivity contribution >= 4 is 71.6 Å². The van der Waals surface area contributed by atoms with Gasteiger partial charge in [0, 0.05) is 50.4 Å². The maximum Gasteiger partial charge on any atom is 0.137 e. The van der Waals surface area contributed by atoms with Crippen LogP contribution in [0.5, 0.6) is 0 Å². The van der Waals surface area contributed by atoms with Crippen molar-refractivity contribution in [1.29, 1.82) is 0 Å². The third-order valence-electron chi connectivity index (χ3n) is 11.0. The van der Waals surface area contributed by atoms with Crippen LogP contribution in [0, 0.1) is 0 Å². The second-order valence-electron chi connectivity index (χ2n) is 14.2. The lowest BCUT2D eigenvalue weighted by atomic mass is 9.97. The first-order valence-corrected chi connectivity index (χ1v) is 18.7. The molecule has 9 aromatic carbocycles. The standard InChI is InChI=1S/C52H34N2O/c1-2-12-37-32-40(24-23-35(37)11-1)39-14-9-13-38(31-39)36-25-27-41(28-26-36)53(44-29-30-48-47-19-5-8-22-51(47)55-52(48)34-44)42-15-10-16-43(33-42)54-49-20-6-3-17-45(49)46-18-4-7-21-50(46)54/h1-34H. The Hall–Kier alpha value is -7.36. The number of rotatable bonds is 6. The molecule has 0 saturated carbocycles. The van der Waals surface area contributed by atoms with Crippen LogP contribution in [-0.2, 0) is 0 Å². The fraction of sp³-hybridized carbons (Fsp3) is 0. The molecule has 0 fully saturated rings. The normalized spacial score (nSPS) is 11.6. The summed E-state index contributed by atoms with van der Waals surface area (Å²) in [5, 5.41) is 7.23. The van der Waals surface area contributed by atoms with Crippen molar-refractivity contribution in [2.45, 2.75) is 0 Å². The van der Waals surface area contributed by atoms with E-state index in [1.54, 1.807) is 0 Å². The van der Waals surface area contributed by atoms with E-state index in [9.17, 15) is 0 Å². The molecule has 0 amide bonds. The van der Waals surface area contributed by atoms with Crippen molar-refractivity contribution in [3.8, 4) is 27.9 Å². The van der Waals surface area contributed by atoms with E-state index in [1.807, 2.05) is 12.1 Å². The second kappa shape index (κ2) is 12.6. The molecule has 11 rings (SSSR count). The Bertz CT molecular complexity index is 3170.